The van der Waals surface area contributed by atoms with Crippen LogP contribution >= 0.6 is 0 Å². The standard InChI is InChI=1S/C8H16N4O4/c1-5(7(14)11-3-16-4-13)12-8(15)6(10)2-9/h4-6H,2-3,9-10H2,1H3,(H,11,14)(H,12,15). The van der Waals surface area contributed by atoms with Gasteiger partial charge < -0.3 is 26.8 Å². The number of nitrogens with one attached hydrogen (secondary N) is 2. The Morgan fingerprint density at radius 1 is 1.44 bits per heavy atom. The molecule has 0 saturated heterocycles. The lowest BCUT2D eigenvalue weighted by Crippen LogP contribution is -2.52. The SMILES string of the molecule is CC(NC(=O)C(N)CN)C(=O)NCOC=O. The molecule has 0 spiro atoms. The maximum Gasteiger partial charge on any atom is 0.294 e. The highest BCUT2D eigenvalue weighted by Gasteiger charge is 2.18. The summed E-state index contributed by atoms with van der Waals surface area (Å²) in [4.78, 5) is 32.3. The summed E-state index contributed by atoms with van der Waals surface area (Å²) < 4.78 is 4.26. The monoisotopic (exact) mass is 232 g/mol. The predicted molar refractivity (Wildman–Crippen MR) is 54.8 cm³/mol. The van der Waals surface area contributed by atoms with Crippen molar-refractivity contribution >= 4 is 18.3 Å². The molecule has 0 aromatic rings. The second kappa shape index (κ2) is 7.60. The van der Waals surface area contributed by atoms with Gasteiger partial charge >= 0.3 is 0 Å². The molecule has 0 aliphatic rings. The van der Waals surface area contributed by atoms with E-state index in [0.29, 0.717) is 0 Å². The van der Waals surface area contributed by atoms with Crippen molar-refractivity contribution in [2.24, 2.45) is 11.5 Å². The third-order valence-corrected chi connectivity index (χ3v) is 1.74. The predicted octanol–water partition coefficient (Wildman–Crippen LogP) is -2.98. The normalized spacial score (nSPS) is 13.4. The van der Waals surface area contributed by atoms with Gasteiger partial charge in [-0.2, -0.15) is 0 Å². The number of rotatable bonds is 7. The Labute approximate surface area is 92.7 Å². The Hall–Kier alpha value is -1.67. The van der Waals surface area contributed by atoms with Crippen LogP contribution in [0.4, 0.5) is 0 Å². The van der Waals surface area contributed by atoms with Crippen LogP contribution in [-0.4, -0.2) is 43.6 Å². The molecule has 92 valence electrons. The molecule has 6 N–H and O–H groups in total. The van der Waals surface area contributed by atoms with Crippen LogP contribution in [0.25, 0.3) is 0 Å². The summed E-state index contributed by atoms with van der Waals surface area (Å²) in [5.41, 5.74) is 10.5. The molecule has 2 unspecified atom stereocenters. The molecule has 0 aliphatic heterocycles. The summed E-state index contributed by atoms with van der Waals surface area (Å²) in [6, 6.07) is -1.62. The van der Waals surface area contributed by atoms with Crippen molar-refractivity contribution in [1.29, 1.82) is 0 Å². The van der Waals surface area contributed by atoms with Crippen molar-refractivity contribution in [3.8, 4) is 0 Å². The van der Waals surface area contributed by atoms with E-state index in [0.717, 1.165) is 0 Å². The molecule has 16 heavy (non-hydrogen) atoms. The molecule has 2 atom stereocenters. The van der Waals surface area contributed by atoms with E-state index in [2.05, 4.69) is 15.4 Å². The Kier molecular flexibility index (Phi) is 6.81. The lowest BCUT2D eigenvalue weighted by molar-refractivity contribution is -0.134. The van der Waals surface area contributed by atoms with Crippen LogP contribution in [-0.2, 0) is 19.1 Å². The highest BCUT2D eigenvalue weighted by atomic mass is 16.5. The van der Waals surface area contributed by atoms with Crippen LogP contribution < -0.4 is 22.1 Å². The molecule has 0 radical (unpaired) electrons. The number of carbonyl (C=O) groups excluding carboxylic acids is 3. The van der Waals surface area contributed by atoms with Gasteiger partial charge in [-0.05, 0) is 6.92 Å². The minimum atomic E-state index is -0.846. The first-order valence-electron chi connectivity index (χ1n) is 4.62. The molecule has 0 heterocycles. The molecule has 0 rings (SSSR count). The van der Waals surface area contributed by atoms with E-state index in [-0.39, 0.29) is 19.7 Å². The van der Waals surface area contributed by atoms with Crippen LogP contribution in [0.3, 0.4) is 0 Å². The molecular formula is C8H16N4O4. The van der Waals surface area contributed by atoms with E-state index < -0.39 is 23.9 Å². The van der Waals surface area contributed by atoms with Gasteiger partial charge in [-0.1, -0.05) is 0 Å². The van der Waals surface area contributed by atoms with Crippen LogP contribution in [0.1, 0.15) is 6.92 Å². The summed E-state index contributed by atoms with van der Waals surface area (Å²) in [6.07, 6.45) is 0. The van der Waals surface area contributed by atoms with Crippen LogP contribution in [0.5, 0.6) is 0 Å². The van der Waals surface area contributed by atoms with Gasteiger partial charge in [-0.25, -0.2) is 0 Å². The Balaban J connectivity index is 3.95. The van der Waals surface area contributed by atoms with E-state index >= 15 is 0 Å². The van der Waals surface area contributed by atoms with Gasteiger partial charge in [0.25, 0.3) is 6.47 Å². The fourth-order valence-corrected chi connectivity index (χ4v) is 0.793. The van der Waals surface area contributed by atoms with Gasteiger partial charge in [0.2, 0.25) is 11.8 Å². The second-order valence-corrected chi connectivity index (χ2v) is 3.02. The first kappa shape index (κ1) is 14.3. The van der Waals surface area contributed by atoms with Crippen molar-refractivity contribution < 1.29 is 19.1 Å². The number of hydrogen-bond acceptors (Lipinski definition) is 6. The van der Waals surface area contributed by atoms with Crippen molar-refractivity contribution in [2.45, 2.75) is 19.0 Å². The summed E-state index contributed by atoms with van der Waals surface area (Å²) in [5.74, 6) is -0.999. The lowest BCUT2D eigenvalue weighted by Gasteiger charge is -2.15. The molecule has 8 nitrogen and oxygen atoms in total. The number of amides is 2. The minimum absolute atomic E-state index is 0.00553. The van der Waals surface area contributed by atoms with Crippen molar-refractivity contribution in [3.05, 3.63) is 0 Å². The summed E-state index contributed by atoms with van der Waals surface area (Å²) in [6.45, 7) is 1.42. The number of carbonyl (C=O) groups is 3. The van der Waals surface area contributed by atoms with E-state index in [1.54, 1.807) is 0 Å². The Bertz CT molecular complexity index is 258. The molecule has 2 amide bonds. The van der Waals surface area contributed by atoms with Gasteiger partial charge in [-0.15, -0.1) is 0 Å². The van der Waals surface area contributed by atoms with Crippen molar-refractivity contribution in [1.82, 2.24) is 10.6 Å². The van der Waals surface area contributed by atoms with Crippen LogP contribution in [0, 0.1) is 0 Å². The first-order valence-corrected chi connectivity index (χ1v) is 4.62. The average Bonchev–Trinajstić information content (AvgIpc) is 2.27. The van der Waals surface area contributed by atoms with Gasteiger partial charge in [0.05, 0.1) is 6.04 Å². The van der Waals surface area contributed by atoms with Gasteiger partial charge in [-0.3, -0.25) is 14.4 Å². The van der Waals surface area contributed by atoms with E-state index in [4.69, 9.17) is 11.5 Å². The topological polar surface area (TPSA) is 137 Å². The van der Waals surface area contributed by atoms with Crippen LogP contribution in [0.15, 0.2) is 0 Å². The summed E-state index contributed by atoms with van der Waals surface area (Å²) >= 11 is 0. The summed E-state index contributed by atoms with van der Waals surface area (Å²) in [5, 5.41) is 4.62. The maximum atomic E-state index is 11.3. The van der Waals surface area contributed by atoms with Gasteiger partial charge in [0.1, 0.15) is 6.04 Å². The first-order chi connectivity index (χ1) is 7.52. The van der Waals surface area contributed by atoms with Gasteiger partial charge in [0.15, 0.2) is 6.73 Å². The molecule has 0 aromatic heterocycles. The molecule has 0 aliphatic carbocycles. The van der Waals surface area contributed by atoms with E-state index in [1.807, 2.05) is 0 Å². The zero-order chi connectivity index (χ0) is 12.6. The average molecular weight is 232 g/mol. The number of nitrogens with two attached hydrogens (primary N) is 2. The summed E-state index contributed by atoms with van der Waals surface area (Å²) in [7, 11) is 0. The Morgan fingerprint density at radius 3 is 2.56 bits per heavy atom. The maximum absolute atomic E-state index is 11.3. The molecule has 0 saturated carbocycles. The fourth-order valence-electron chi connectivity index (χ4n) is 0.793. The third kappa shape index (κ3) is 5.27. The minimum Gasteiger partial charge on any atom is -0.447 e. The second-order valence-electron chi connectivity index (χ2n) is 3.02. The van der Waals surface area contributed by atoms with E-state index in [9.17, 15) is 14.4 Å². The smallest absolute Gasteiger partial charge is 0.294 e. The lowest BCUT2D eigenvalue weighted by atomic mass is 10.2. The third-order valence-electron chi connectivity index (χ3n) is 1.74. The molecule has 0 fully saturated rings. The zero-order valence-corrected chi connectivity index (χ0v) is 8.93. The van der Waals surface area contributed by atoms with Crippen LogP contribution in [0.2, 0.25) is 0 Å². The van der Waals surface area contributed by atoms with E-state index in [1.165, 1.54) is 6.92 Å². The fraction of sp³-hybridized carbons (Fsp3) is 0.625. The molecule has 8 heteroatoms. The molecular weight excluding hydrogens is 216 g/mol. The molecule has 0 bridgehead atoms. The highest BCUT2D eigenvalue weighted by molar-refractivity contribution is 5.89. The number of ether oxygens (including phenoxy) is 1. The largest absolute Gasteiger partial charge is 0.447 e. The Morgan fingerprint density at radius 2 is 2.06 bits per heavy atom. The van der Waals surface area contributed by atoms with Gasteiger partial charge in [0, 0.05) is 6.54 Å². The number of hydrogen-bond donors (Lipinski definition) is 4. The van der Waals surface area contributed by atoms with Crippen molar-refractivity contribution in [2.75, 3.05) is 13.3 Å². The highest BCUT2D eigenvalue weighted by Crippen LogP contribution is 1.84. The quantitative estimate of drug-likeness (QED) is 0.210. The molecule has 0 aromatic carbocycles. The zero-order valence-electron chi connectivity index (χ0n) is 8.93. The van der Waals surface area contributed by atoms with Crippen molar-refractivity contribution in [3.63, 3.8) is 0 Å².